The van der Waals surface area contributed by atoms with E-state index < -0.39 is 0 Å². The summed E-state index contributed by atoms with van der Waals surface area (Å²) in [7, 11) is 0. The minimum Gasteiger partial charge on any atom is -0.441 e. The van der Waals surface area contributed by atoms with Crippen LogP contribution in [0.3, 0.4) is 0 Å². The fourth-order valence-corrected chi connectivity index (χ4v) is 1.86. The SMILES string of the molecule is Clc1ccc2nc(-c3ccc(Cl)o3)[nH]c2c1. The highest BCUT2D eigenvalue weighted by molar-refractivity contribution is 6.31. The lowest BCUT2D eigenvalue weighted by molar-refractivity contribution is 0.580. The number of hydrogen-bond acceptors (Lipinski definition) is 2. The molecule has 0 spiro atoms. The summed E-state index contributed by atoms with van der Waals surface area (Å²) >= 11 is 11.6. The Morgan fingerprint density at radius 1 is 1.12 bits per heavy atom. The number of hydrogen-bond donors (Lipinski definition) is 1. The lowest BCUT2D eigenvalue weighted by Gasteiger charge is -1.87. The molecule has 0 fully saturated rings. The van der Waals surface area contributed by atoms with Crippen molar-refractivity contribution in [2.24, 2.45) is 0 Å². The van der Waals surface area contributed by atoms with Crippen molar-refractivity contribution in [3.8, 4) is 11.6 Å². The first kappa shape index (κ1) is 9.75. The van der Waals surface area contributed by atoms with Gasteiger partial charge >= 0.3 is 0 Å². The van der Waals surface area contributed by atoms with Gasteiger partial charge in [-0.3, -0.25) is 0 Å². The Morgan fingerprint density at radius 2 is 2.00 bits per heavy atom. The third kappa shape index (κ3) is 1.58. The molecule has 0 aliphatic rings. The molecular formula is C11H6Cl2N2O. The minimum atomic E-state index is 0.341. The van der Waals surface area contributed by atoms with Gasteiger partial charge in [-0.15, -0.1) is 0 Å². The Labute approximate surface area is 101 Å². The molecule has 2 heterocycles. The first-order valence-corrected chi connectivity index (χ1v) is 5.39. The highest BCUT2D eigenvalue weighted by atomic mass is 35.5. The van der Waals surface area contributed by atoms with Crippen molar-refractivity contribution in [3.05, 3.63) is 40.6 Å². The second-order valence-electron chi connectivity index (χ2n) is 3.35. The Morgan fingerprint density at radius 3 is 2.75 bits per heavy atom. The standard InChI is InChI=1S/C11H6Cl2N2O/c12-6-1-2-7-8(5-6)15-11(14-7)9-3-4-10(13)16-9/h1-5H,(H,14,15). The summed E-state index contributed by atoms with van der Waals surface area (Å²) in [5.74, 6) is 1.25. The molecule has 0 unspecified atom stereocenters. The minimum absolute atomic E-state index is 0.341. The van der Waals surface area contributed by atoms with Gasteiger partial charge in [-0.05, 0) is 41.9 Å². The lowest BCUT2D eigenvalue weighted by atomic mass is 10.3. The molecule has 0 saturated heterocycles. The van der Waals surface area contributed by atoms with Gasteiger partial charge in [-0.25, -0.2) is 4.98 Å². The molecule has 3 aromatic rings. The second kappa shape index (κ2) is 3.54. The maximum Gasteiger partial charge on any atom is 0.194 e. The van der Waals surface area contributed by atoms with Gasteiger partial charge in [0, 0.05) is 5.02 Å². The zero-order chi connectivity index (χ0) is 11.1. The summed E-state index contributed by atoms with van der Waals surface area (Å²) in [4.78, 5) is 7.49. The van der Waals surface area contributed by atoms with Crippen molar-refractivity contribution in [1.29, 1.82) is 0 Å². The predicted molar refractivity (Wildman–Crippen MR) is 63.8 cm³/mol. The third-order valence-corrected chi connectivity index (χ3v) is 2.69. The quantitative estimate of drug-likeness (QED) is 0.708. The van der Waals surface area contributed by atoms with Gasteiger partial charge in [0.05, 0.1) is 11.0 Å². The number of halogens is 2. The van der Waals surface area contributed by atoms with Crippen LogP contribution in [0.5, 0.6) is 0 Å². The monoisotopic (exact) mass is 252 g/mol. The maximum atomic E-state index is 5.89. The number of aromatic nitrogens is 2. The number of rotatable bonds is 1. The molecule has 0 atom stereocenters. The van der Waals surface area contributed by atoms with E-state index in [4.69, 9.17) is 27.6 Å². The van der Waals surface area contributed by atoms with Gasteiger partial charge in [0.1, 0.15) is 0 Å². The number of aromatic amines is 1. The number of H-pyrrole nitrogens is 1. The Balaban J connectivity index is 2.18. The summed E-state index contributed by atoms with van der Waals surface area (Å²) in [5.41, 5.74) is 1.71. The summed E-state index contributed by atoms with van der Waals surface area (Å²) in [6, 6.07) is 8.91. The molecule has 3 nitrogen and oxygen atoms in total. The van der Waals surface area contributed by atoms with E-state index in [-0.39, 0.29) is 0 Å². The van der Waals surface area contributed by atoms with Crippen molar-refractivity contribution >= 4 is 34.2 Å². The van der Waals surface area contributed by atoms with Crippen LogP contribution in [0.2, 0.25) is 10.2 Å². The van der Waals surface area contributed by atoms with E-state index in [0.717, 1.165) is 11.0 Å². The normalized spacial score (nSPS) is 11.1. The maximum absolute atomic E-state index is 5.89. The van der Waals surface area contributed by atoms with Gasteiger partial charge < -0.3 is 9.40 Å². The number of nitrogens with one attached hydrogen (secondary N) is 1. The van der Waals surface area contributed by atoms with Crippen molar-refractivity contribution < 1.29 is 4.42 Å². The molecule has 0 aliphatic carbocycles. The highest BCUT2D eigenvalue weighted by Crippen LogP contribution is 2.25. The topological polar surface area (TPSA) is 41.8 Å². The van der Waals surface area contributed by atoms with Crippen LogP contribution < -0.4 is 0 Å². The fraction of sp³-hybridized carbons (Fsp3) is 0. The molecule has 5 heteroatoms. The van der Waals surface area contributed by atoms with Gasteiger partial charge in [0.15, 0.2) is 16.8 Å². The first-order valence-electron chi connectivity index (χ1n) is 4.63. The lowest BCUT2D eigenvalue weighted by Crippen LogP contribution is -1.74. The fourth-order valence-electron chi connectivity index (χ4n) is 1.54. The van der Waals surface area contributed by atoms with Crippen LogP contribution in [-0.2, 0) is 0 Å². The van der Waals surface area contributed by atoms with Crippen LogP contribution in [-0.4, -0.2) is 9.97 Å². The summed E-state index contributed by atoms with van der Waals surface area (Å²) < 4.78 is 5.27. The average molecular weight is 253 g/mol. The molecule has 2 aromatic heterocycles. The van der Waals surface area contributed by atoms with E-state index in [1.165, 1.54) is 0 Å². The second-order valence-corrected chi connectivity index (χ2v) is 4.16. The van der Waals surface area contributed by atoms with E-state index >= 15 is 0 Å². The Hall–Kier alpha value is -1.45. The molecule has 0 radical (unpaired) electrons. The summed E-state index contributed by atoms with van der Waals surface area (Å²) in [6.45, 7) is 0. The van der Waals surface area contributed by atoms with Crippen LogP contribution in [0.15, 0.2) is 34.7 Å². The largest absolute Gasteiger partial charge is 0.441 e. The number of furan rings is 1. The highest BCUT2D eigenvalue weighted by Gasteiger charge is 2.09. The van der Waals surface area contributed by atoms with Crippen LogP contribution in [0.25, 0.3) is 22.6 Å². The molecule has 0 amide bonds. The van der Waals surface area contributed by atoms with Crippen molar-refractivity contribution in [2.45, 2.75) is 0 Å². The number of benzene rings is 1. The smallest absolute Gasteiger partial charge is 0.194 e. The van der Waals surface area contributed by atoms with Crippen LogP contribution in [0.4, 0.5) is 0 Å². The molecule has 1 aromatic carbocycles. The number of nitrogens with zero attached hydrogens (tertiary/aromatic N) is 1. The Kier molecular flexibility index (Phi) is 2.16. The van der Waals surface area contributed by atoms with E-state index in [1.807, 2.05) is 12.1 Å². The van der Waals surface area contributed by atoms with E-state index in [1.54, 1.807) is 18.2 Å². The van der Waals surface area contributed by atoms with Crippen molar-refractivity contribution in [3.63, 3.8) is 0 Å². The Bertz CT molecular complexity index is 657. The van der Waals surface area contributed by atoms with E-state index in [9.17, 15) is 0 Å². The average Bonchev–Trinajstić information content (AvgIpc) is 2.83. The van der Waals surface area contributed by atoms with Gasteiger partial charge in [-0.1, -0.05) is 11.6 Å². The zero-order valence-corrected chi connectivity index (χ0v) is 9.51. The summed E-state index contributed by atoms with van der Waals surface area (Å²) in [6.07, 6.45) is 0. The molecule has 0 saturated carbocycles. The van der Waals surface area contributed by atoms with Gasteiger partial charge in [-0.2, -0.15) is 0 Å². The van der Waals surface area contributed by atoms with Crippen molar-refractivity contribution in [2.75, 3.05) is 0 Å². The molecule has 80 valence electrons. The molecule has 1 N–H and O–H groups in total. The molecular weight excluding hydrogens is 247 g/mol. The molecule has 16 heavy (non-hydrogen) atoms. The first-order chi connectivity index (χ1) is 7.72. The van der Waals surface area contributed by atoms with Crippen LogP contribution >= 0.6 is 23.2 Å². The number of imidazole rings is 1. The van der Waals surface area contributed by atoms with E-state index in [2.05, 4.69) is 9.97 Å². The molecule has 0 aliphatic heterocycles. The number of fused-ring (bicyclic) bond motifs is 1. The molecule has 0 bridgehead atoms. The van der Waals surface area contributed by atoms with Gasteiger partial charge in [0.2, 0.25) is 0 Å². The summed E-state index contributed by atoms with van der Waals surface area (Å²) in [5, 5.41) is 1.01. The molecule has 3 rings (SSSR count). The third-order valence-electron chi connectivity index (χ3n) is 2.25. The zero-order valence-electron chi connectivity index (χ0n) is 8.00. The predicted octanol–water partition coefficient (Wildman–Crippen LogP) is 4.13. The van der Waals surface area contributed by atoms with Crippen LogP contribution in [0.1, 0.15) is 0 Å². The van der Waals surface area contributed by atoms with Crippen molar-refractivity contribution in [1.82, 2.24) is 9.97 Å². The van der Waals surface area contributed by atoms with Gasteiger partial charge in [0.25, 0.3) is 0 Å². The van der Waals surface area contributed by atoms with Crippen LogP contribution in [0, 0.1) is 0 Å². The van der Waals surface area contributed by atoms with E-state index in [0.29, 0.717) is 21.8 Å².